The lowest BCUT2D eigenvalue weighted by Gasteiger charge is -2.20. The lowest BCUT2D eigenvalue weighted by atomic mass is 10.2. The Morgan fingerprint density at radius 1 is 1.09 bits per heavy atom. The number of nitrogens with one attached hydrogen (secondary N) is 1. The minimum absolute atomic E-state index is 0.0691. The van der Waals surface area contributed by atoms with Crippen molar-refractivity contribution in [3.05, 3.63) is 21.9 Å². The molecule has 0 saturated carbocycles. The number of rotatable bonds is 5. The Morgan fingerprint density at radius 3 is 2.32 bits per heavy atom. The summed E-state index contributed by atoms with van der Waals surface area (Å²) < 4.78 is 0. The van der Waals surface area contributed by atoms with E-state index in [4.69, 9.17) is 5.11 Å². The summed E-state index contributed by atoms with van der Waals surface area (Å²) in [7, 11) is 0. The van der Waals surface area contributed by atoms with Crippen LogP contribution in [-0.4, -0.2) is 47.4 Å². The van der Waals surface area contributed by atoms with Crippen molar-refractivity contribution in [1.29, 1.82) is 0 Å². The van der Waals surface area contributed by atoms with Gasteiger partial charge in [0.05, 0.1) is 4.88 Å². The molecule has 1 fully saturated rings. The molecule has 120 valence electrons. The van der Waals surface area contributed by atoms with E-state index in [0.717, 1.165) is 37.3 Å². The summed E-state index contributed by atoms with van der Waals surface area (Å²) in [5.41, 5.74) is 0. The maximum atomic E-state index is 12.1. The van der Waals surface area contributed by atoms with Crippen LogP contribution < -0.4 is 5.32 Å². The molecule has 1 saturated heterocycles. The molecular formula is C15H20N2O4S. The summed E-state index contributed by atoms with van der Waals surface area (Å²) in [5, 5.41) is 11.5. The predicted octanol–water partition coefficient (Wildman–Crippen LogP) is 1.97. The van der Waals surface area contributed by atoms with E-state index in [-0.39, 0.29) is 29.7 Å². The number of nitrogens with zero attached hydrogens (tertiary/aromatic N) is 1. The van der Waals surface area contributed by atoms with E-state index >= 15 is 0 Å². The second-order valence-electron chi connectivity index (χ2n) is 5.27. The largest absolute Gasteiger partial charge is 0.477 e. The molecule has 2 amide bonds. The third kappa shape index (κ3) is 4.56. The van der Waals surface area contributed by atoms with Crippen LogP contribution in [0.2, 0.25) is 0 Å². The zero-order valence-corrected chi connectivity index (χ0v) is 13.2. The SMILES string of the molecule is O=C(O)c1ccc(C(=O)NCCC(=O)N2CCCCCC2)s1. The van der Waals surface area contributed by atoms with Crippen LogP contribution >= 0.6 is 11.3 Å². The number of amides is 2. The van der Waals surface area contributed by atoms with Gasteiger partial charge in [0.2, 0.25) is 5.91 Å². The van der Waals surface area contributed by atoms with E-state index < -0.39 is 5.97 Å². The smallest absolute Gasteiger partial charge is 0.345 e. The molecule has 0 unspecified atom stereocenters. The number of carboxylic acids is 1. The van der Waals surface area contributed by atoms with Crippen LogP contribution in [-0.2, 0) is 4.79 Å². The summed E-state index contributed by atoms with van der Waals surface area (Å²) in [6, 6.07) is 2.89. The Bertz CT molecular complexity index is 547. The number of thiophene rings is 1. The Kier molecular flexibility index (Phi) is 5.94. The summed E-state index contributed by atoms with van der Waals surface area (Å²) in [5.74, 6) is -1.30. The normalized spacial score (nSPS) is 15.2. The monoisotopic (exact) mass is 324 g/mol. The van der Waals surface area contributed by atoms with E-state index in [1.54, 1.807) is 0 Å². The van der Waals surface area contributed by atoms with Crippen molar-refractivity contribution in [2.24, 2.45) is 0 Å². The highest BCUT2D eigenvalue weighted by molar-refractivity contribution is 7.15. The first kappa shape index (κ1) is 16.5. The van der Waals surface area contributed by atoms with Crippen molar-refractivity contribution in [3.63, 3.8) is 0 Å². The zero-order chi connectivity index (χ0) is 15.9. The molecule has 0 bridgehead atoms. The molecule has 0 aromatic carbocycles. The van der Waals surface area contributed by atoms with E-state index in [9.17, 15) is 14.4 Å². The molecule has 2 heterocycles. The quantitative estimate of drug-likeness (QED) is 0.867. The summed E-state index contributed by atoms with van der Waals surface area (Å²) in [6.45, 7) is 1.88. The molecule has 0 atom stereocenters. The maximum Gasteiger partial charge on any atom is 0.345 e. The molecule has 0 radical (unpaired) electrons. The van der Waals surface area contributed by atoms with Crippen molar-refractivity contribution in [2.45, 2.75) is 32.1 Å². The molecule has 0 aliphatic carbocycles. The van der Waals surface area contributed by atoms with Crippen molar-refractivity contribution in [3.8, 4) is 0 Å². The second kappa shape index (κ2) is 7.93. The molecule has 1 aromatic rings. The lowest BCUT2D eigenvalue weighted by molar-refractivity contribution is -0.131. The van der Waals surface area contributed by atoms with E-state index in [1.165, 1.54) is 25.0 Å². The van der Waals surface area contributed by atoms with Gasteiger partial charge >= 0.3 is 5.97 Å². The Hall–Kier alpha value is -1.89. The van der Waals surface area contributed by atoms with Gasteiger partial charge in [-0.3, -0.25) is 9.59 Å². The van der Waals surface area contributed by atoms with Gasteiger partial charge in [0.1, 0.15) is 4.88 Å². The summed E-state index contributed by atoms with van der Waals surface area (Å²) in [4.78, 5) is 37.1. The van der Waals surface area contributed by atoms with Crippen LogP contribution in [0.4, 0.5) is 0 Å². The molecule has 2 rings (SSSR count). The summed E-state index contributed by atoms with van der Waals surface area (Å²) in [6.07, 6.45) is 4.72. The third-order valence-corrected chi connectivity index (χ3v) is 4.70. The molecule has 2 N–H and O–H groups in total. The minimum atomic E-state index is -1.04. The standard InChI is InChI=1S/C15H20N2O4S/c18-13(17-9-3-1-2-4-10-17)7-8-16-14(19)11-5-6-12(22-11)15(20)21/h5-6H,1-4,7-10H2,(H,16,19)(H,20,21). The fourth-order valence-corrected chi connectivity index (χ4v) is 3.18. The van der Waals surface area contributed by atoms with Crippen LogP contribution in [0.1, 0.15) is 51.4 Å². The van der Waals surface area contributed by atoms with Gasteiger partial charge in [-0.25, -0.2) is 4.79 Å². The number of hydrogen-bond acceptors (Lipinski definition) is 4. The van der Waals surface area contributed by atoms with Crippen molar-refractivity contribution < 1.29 is 19.5 Å². The fourth-order valence-electron chi connectivity index (χ4n) is 2.42. The number of likely N-dealkylation sites (tertiary alicyclic amines) is 1. The lowest BCUT2D eigenvalue weighted by Crippen LogP contribution is -2.35. The number of carbonyl (C=O) groups is 3. The van der Waals surface area contributed by atoms with Crippen molar-refractivity contribution in [1.82, 2.24) is 10.2 Å². The number of aromatic carboxylic acids is 1. The average Bonchev–Trinajstić information content (AvgIpc) is 2.83. The molecule has 1 aliphatic rings. The van der Waals surface area contributed by atoms with Crippen LogP contribution in [0.15, 0.2) is 12.1 Å². The van der Waals surface area contributed by atoms with Crippen molar-refractivity contribution in [2.75, 3.05) is 19.6 Å². The van der Waals surface area contributed by atoms with Gasteiger partial charge < -0.3 is 15.3 Å². The Labute approximate surface area is 133 Å². The predicted molar refractivity (Wildman–Crippen MR) is 83.3 cm³/mol. The number of carbonyl (C=O) groups excluding carboxylic acids is 2. The van der Waals surface area contributed by atoms with Crippen molar-refractivity contribution >= 4 is 29.1 Å². The van der Waals surface area contributed by atoms with Gasteiger partial charge in [0, 0.05) is 26.1 Å². The Morgan fingerprint density at radius 2 is 1.73 bits per heavy atom. The van der Waals surface area contributed by atoms with Crippen LogP contribution in [0.5, 0.6) is 0 Å². The van der Waals surface area contributed by atoms with Crippen LogP contribution in [0.3, 0.4) is 0 Å². The third-order valence-electron chi connectivity index (χ3n) is 3.62. The number of carboxylic acid groups (broad SMARTS) is 1. The maximum absolute atomic E-state index is 12.1. The van der Waals surface area contributed by atoms with E-state index in [1.807, 2.05) is 4.90 Å². The Balaban J connectivity index is 1.76. The molecule has 0 spiro atoms. The first-order valence-corrected chi connectivity index (χ1v) is 8.28. The van der Waals surface area contributed by atoms with Gasteiger partial charge in [-0.2, -0.15) is 0 Å². The van der Waals surface area contributed by atoms with Crippen LogP contribution in [0.25, 0.3) is 0 Å². The molecule has 22 heavy (non-hydrogen) atoms. The van der Waals surface area contributed by atoms with Gasteiger partial charge in [-0.1, -0.05) is 12.8 Å². The van der Waals surface area contributed by atoms with E-state index in [2.05, 4.69) is 5.32 Å². The molecule has 7 heteroatoms. The first-order chi connectivity index (χ1) is 10.6. The zero-order valence-electron chi connectivity index (χ0n) is 12.3. The second-order valence-corrected chi connectivity index (χ2v) is 6.35. The van der Waals surface area contributed by atoms with E-state index in [0.29, 0.717) is 4.88 Å². The highest BCUT2D eigenvalue weighted by atomic mass is 32.1. The van der Waals surface area contributed by atoms with Gasteiger partial charge in [-0.15, -0.1) is 11.3 Å². The van der Waals surface area contributed by atoms with Gasteiger partial charge in [-0.05, 0) is 25.0 Å². The molecule has 1 aliphatic heterocycles. The molecule has 6 nitrogen and oxygen atoms in total. The van der Waals surface area contributed by atoms with Crippen LogP contribution in [0, 0.1) is 0 Å². The summed E-state index contributed by atoms with van der Waals surface area (Å²) >= 11 is 0.932. The topological polar surface area (TPSA) is 86.7 Å². The number of hydrogen-bond donors (Lipinski definition) is 2. The van der Waals surface area contributed by atoms with Gasteiger partial charge in [0.15, 0.2) is 0 Å². The minimum Gasteiger partial charge on any atom is -0.477 e. The first-order valence-electron chi connectivity index (χ1n) is 7.47. The average molecular weight is 324 g/mol. The highest BCUT2D eigenvalue weighted by Crippen LogP contribution is 2.16. The van der Waals surface area contributed by atoms with Gasteiger partial charge in [0.25, 0.3) is 5.91 Å². The molecular weight excluding hydrogens is 304 g/mol. The molecule has 1 aromatic heterocycles. The highest BCUT2D eigenvalue weighted by Gasteiger charge is 2.16. The fraction of sp³-hybridized carbons (Fsp3) is 0.533.